The van der Waals surface area contributed by atoms with Crippen LogP contribution in [0.4, 0.5) is 0 Å². The van der Waals surface area contributed by atoms with E-state index in [-0.39, 0.29) is 12.4 Å². The zero-order valence-corrected chi connectivity index (χ0v) is 6.17. The van der Waals surface area contributed by atoms with Crippen molar-refractivity contribution in [1.29, 1.82) is 5.41 Å². The number of carboxylic acid groups (broad SMARTS) is 1. The molecule has 0 saturated heterocycles. The SMILES string of the molecule is N=COCC(CS)C(=O)O. The van der Waals surface area contributed by atoms with E-state index < -0.39 is 11.9 Å². The van der Waals surface area contributed by atoms with Crippen LogP contribution in [0.15, 0.2) is 0 Å². The summed E-state index contributed by atoms with van der Waals surface area (Å²) in [6.45, 7) is 0.0162. The van der Waals surface area contributed by atoms with Crippen LogP contribution < -0.4 is 0 Å². The fourth-order valence-corrected chi connectivity index (χ4v) is 0.628. The van der Waals surface area contributed by atoms with Crippen LogP contribution in [0, 0.1) is 11.3 Å². The lowest BCUT2D eigenvalue weighted by Crippen LogP contribution is -2.20. The second-order valence-electron chi connectivity index (χ2n) is 1.67. The highest BCUT2D eigenvalue weighted by Crippen LogP contribution is 1.98. The molecule has 1 unspecified atom stereocenters. The van der Waals surface area contributed by atoms with Gasteiger partial charge in [-0.15, -0.1) is 0 Å². The van der Waals surface area contributed by atoms with Gasteiger partial charge in [0.25, 0.3) is 0 Å². The predicted molar refractivity (Wildman–Crippen MR) is 39.7 cm³/mol. The molecule has 0 aliphatic carbocycles. The number of carbonyl (C=O) groups is 1. The molecule has 0 bridgehead atoms. The van der Waals surface area contributed by atoms with Gasteiger partial charge in [0.2, 0.25) is 0 Å². The second kappa shape index (κ2) is 5.10. The van der Waals surface area contributed by atoms with E-state index in [9.17, 15) is 4.79 Å². The number of thiol groups is 1. The minimum Gasteiger partial charge on any atom is -0.483 e. The van der Waals surface area contributed by atoms with Crippen molar-refractivity contribution in [2.75, 3.05) is 12.4 Å². The van der Waals surface area contributed by atoms with Crippen molar-refractivity contribution < 1.29 is 14.6 Å². The van der Waals surface area contributed by atoms with Gasteiger partial charge in [0, 0.05) is 5.75 Å². The van der Waals surface area contributed by atoms with Crippen molar-refractivity contribution in [3.8, 4) is 0 Å². The van der Waals surface area contributed by atoms with Crippen molar-refractivity contribution in [2.24, 2.45) is 5.92 Å². The maximum Gasteiger partial charge on any atom is 0.310 e. The summed E-state index contributed by atoms with van der Waals surface area (Å²) in [4.78, 5) is 10.2. The standard InChI is InChI=1S/C5H9NO3S/c6-3-9-1-4(2-10)5(7)8/h3-4,6,10H,1-2H2,(H,7,8). The molecular formula is C5H9NO3S. The molecule has 0 spiro atoms. The second-order valence-corrected chi connectivity index (χ2v) is 2.03. The smallest absolute Gasteiger partial charge is 0.310 e. The van der Waals surface area contributed by atoms with Crippen molar-refractivity contribution in [1.82, 2.24) is 0 Å². The first kappa shape index (κ1) is 9.29. The third-order valence-electron chi connectivity index (χ3n) is 0.950. The van der Waals surface area contributed by atoms with Gasteiger partial charge in [-0.3, -0.25) is 10.2 Å². The summed E-state index contributed by atoms with van der Waals surface area (Å²) in [6, 6.07) is 0. The summed E-state index contributed by atoms with van der Waals surface area (Å²) in [5.74, 6) is -1.34. The van der Waals surface area contributed by atoms with Crippen molar-refractivity contribution in [3.63, 3.8) is 0 Å². The monoisotopic (exact) mass is 163 g/mol. The Labute approximate surface area is 64.1 Å². The summed E-state index contributed by atoms with van der Waals surface area (Å²) in [6.07, 6.45) is 0.722. The Balaban J connectivity index is 3.60. The van der Waals surface area contributed by atoms with Crippen molar-refractivity contribution in [2.45, 2.75) is 0 Å². The number of hydrogen-bond donors (Lipinski definition) is 3. The molecule has 10 heavy (non-hydrogen) atoms. The highest BCUT2D eigenvalue weighted by atomic mass is 32.1. The summed E-state index contributed by atoms with van der Waals surface area (Å²) >= 11 is 3.79. The van der Waals surface area contributed by atoms with Crippen molar-refractivity contribution in [3.05, 3.63) is 0 Å². The lowest BCUT2D eigenvalue weighted by atomic mass is 10.2. The molecule has 2 N–H and O–H groups in total. The van der Waals surface area contributed by atoms with E-state index in [4.69, 9.17) is 10.5 Å². The molecule has 0 rings (SSSR count). The number of aliphatic carboxylic acids is 1. The number of hydrogen-bond acceptors (Lipinski definition) is 4. The normalized spacial score (nSPS) is 12.1. The molecular weight excluding hydrogens is 154 g/mol. The van der Waals surface area contributed by atoms with Gasteiger partial charge < -0.3 is 9.84 Å². The van der Waals surface area contributed by atoms with Crippen LogP contribution in [-0.4, -0.2) is 29.8 Å². The Morgan fingerprint density at radius 3 is 2.80 bits per heavy atom. The van der Waals surface area contributed by atoms with Crippen molar-refractivity contribution >= 4 is 25.0 Å². The molecule has 0 fully saturated rings. The summed E-state index contributed by atoms with van der Waals surface area (Å²) < 4.78 is 4.46. The number of nitrogens with one attached hydrogen (secondary N) is 1. The van der Waals surface area contributed by atoms with Crippen LogP contribution in [0.2, 0.25) is 0 Å². The molecule has 4 nitrogen and oxygen atoms in total. The Hall–Kier alpha value is -0.710. The third-order valence-corrected chi connectivity index (χ3v) is 1.39. The molecule has 0 aromatic carbocycles. The molecule has 0 aromatic heterocycles. The lowest BCUT2D eigenvalue weighted by molar-refractivity contribution is -0.141. The van der Waals surface area contributed by atoms with Gasteiger partial charge in [0.05, 0.1) is 5.92 Å². The fourth-order valence-electron chi connectivity index (χ4n) is 0.366. The van der Waals surface area contributed by atoms with Gasteiger partial charge in [0.15, 0.2) is 6.40 Å². The van der Waals surface area contributed by atoms with Gasteiger partial charge in [-0.1, -0.05) is 0 Å². The first-order valence-electron chi connectivity index (χ1n) is 2.66. The highest BCUT2D eigenvalue weighted by Gasteiger charge is 2.14. The van der Waals surface area contributed by atoms with Crippen LogP contribution >= 0.6 is 12.6 Å². The zero-order valence-electron chi connectivity index (χ0n) is 5.28. The van der Waals surface area contributed by atoms with Gasteiger partial charge in [0.1, 0.15) is 6.61 Å². The minimum atomic E-state index is -0.947. The minimum absolute atomic E-state index is 0.0162. The molecule has 0 radical (unpaired) electrons. The number of carboxylic acids is 1. The van der Waals surface area contributed by atoms with E-state index >= 15 is 0 Å². The van der Waals surface area contributed by atoms with Crippen LogP contribution in [0.1, 0.15) is 0 Å². The molecule has 5 heteroatoms. The molecule has 0 aliphatic rings. The molecule has 0 heterocycles. The zero-order chi connectivity index (χ0) is 7.98. The van der Waals surface area contributed by atoms with Crippen LogP contribution in [0.3, 0.4) is 0 Å². The Morgan fingerprint density at radius 2 is 2.50 bits per heavy atom. The molecule has 0 aromatic rings. The average Bonchev–Trinajstić information content (AvgIpc) is 1.89. The summed E-state index contributed by atoms with van der Waals surface area (Å²) in [5, 5.41) is 14.8. The Kier molecular flexibility index (Phi) is 4.74. The van der Waals surface area contributed by atoms with Crippen LogP contribution in [0.5, 0.6) is 0 Å². The predicted octanol–water partition coefficient (Wildman–Crippen LogP) is 0.241. The highest BCUT2D eigenvalue weighted by molar-refractivity contribution is 7.80. The van der Waals surface area contributed by atoms with Crippen LogP contribution in [0.25, 0.3) is 0 Å². The first-order valence-corrected chi connectivity index (χ1v) is 3.29. The first-order chi connectivity index (χ1) is 4.72. The third kappa shape index (κ3) is 3.34. The maximum atomic E-state index is 10.2. The van der Waals surface area contributed by atoms with Crippen LogP contribution in [-0.2, 0) is 9.53 Å². The van der Waals surface area contributed by atoms with E-state index in [1.807, 2.05) is 0 Å². The summed E-state index contributed by atoms with van der Waals surface area (Å²) in [7, 11) is 0. The largest absolute Gasteiger partial charge is 0.483 e. The topological polar surface area (TPSA) is 70.4 Å². The van der Waals surface area contributed by atoms with E-state index in [0.29, 0.717) is 0 Å². The van der Waals surface area contributed by atoms with E-state index in [2.05, 4.69) is 17.4 Å². The van der Waals surface area contributed by atoms with Gasteiger partial charge in [-0.05, 0) is 0 Å². The van der Waals surface area contributed by atoms with Gasteiger partial charge >= 0.3 is 5.97 Å². The number of ether oxygens (including phenoxy) is 1. The Morgan fingerprint density at radius 1 is 1.90 bits per heavy atom. The molecule has 0 saturated carbocycles. The lowest BCUT2D eigenvalue weighted by Gasteiger charge is -2.06. The fraction of sp³-hybridized carbons (Fsp3) is 0.600. The molecule has 0 aliphatic heterocycles. The average molecular weight is 163 g/mol. The van der Waals surface area contributed by atoms with E-state index in [0.717, 1.165) is 6.40 Å². The maximum absolute atomic E-state index is 10.2. The van der Waals surface area contributed by atoms with E-state index in [1.54, 1.807) is 0 Å². The molecule has 0 amide bonds. The summed E-state index contributed by atoms with van der Waals surface area (Å²) in [5.41, 5.74) is 0. The molecule has 58 valence electrons. The van der Waals surface area contributed by atoms with Gasteiger partial charge in [-0.2, -0.15) is 12.6 Å². The molecule has 1 atom stereocenters. The number of rotatable bonds is 5. The Bertz CT molecular complexity index is 128. The van der Waals surface area contributed by atoms with E-state index in [1.165, 1.54) is 0 Å². The van der Waals surface area contributed by atoms with Gasteiger partial charge in [-0.25, -0.2) is 0 Å². The quantitative estimate of drug-likeness (QED) is 0.309.